The minimum absolute atomic E-state index is 0.171. The first-order valence-electron chi connectivity index (χ1n) is 10.8. The number of piperidine rings is 1. The van der Waals surface area contributed by atoms with Crippen molar-refractivity contribution in [2.75, 3.05) is 18.4 Å². The summed E-state index contributed by atoms with van der Waals surface area (Å²) >= 11 is 0. The number of aromatic nitrogens is 1. The van der Waals surface area contributed by atoms with Gasteiger partial charge in [0, 0.05) is 24.3 Å². The molecule has 0 radical (unpaired) electrons. The van der Waals surface area contributed by atoms with E-state index in [-0.39, 0.29) is 17.3 Å². The zero-order valence-electron chi connectivity index (χ0n) is 17.8. The average molecular weight is 462 g/mol. The van der Waals surface area contributed by atoms with Crippen molar-refractivity contribution in [2.24, 2.45) is 5.92 Å². The Morgan fingerprint density at radius 2 is 1.70 bits per heavy atom. The molecule has 0 spiro atoms. The van der Waals surface area contributed by atoms with Crippen molar-refractivity contribution in [3.63, 3.8) is 0 Å². The fourth-order valence-electron chi connectivity index (χ4n) is 4.05. The number of rotatable bonds is 5. The molecule has 1 saturated heterocycles. The van der Waals surface area contributed by atoms with Crippen LogP contribution in [0.3, 0.4) is 0 Å². The van der Waals surface area contributed by atoms with Crippen LogP contribution in [0.15, 0.2) is 88.2 Å². The van der Waals surface area contributed by atoms with Crippen LogP contribution in [-0.2, 0) is 14.8 Å². The average Bonchev–Trinajstić information content (AvgIpc) is 3.29. The Bertz CT molecular complexity index is 1350. The van der Waals surface area contributed by atoms with Gasteiger partial charge in [-0.1, -0.05) is 30.3 Å². The number of fused-ring (bicyclic) bond motifs is 1. The van der Waals surface area contributed by atoms with Gasteiger partial charge in [-0.15, -0.1) is 0 Å². The van der Waals surface area contributed by atoms with Crippen LogP contribution >= 0.6 is 0 Å². The van der Waals surface area contributed by atoms with Crippen molar-refractivity contribution in [1.82, 2.24) is 9.29 Å². The SMILES string of the molecule is O=C(Nc1ccc(-c2nc3ccccc3o2)cc1)C1CCCN(S(=O)(=O)c2ccccc2)C1. The lowest BCUT2D eigenvalue weighted by Crippen LogP contribution is -2.43. The Kier molecular flexibility index (Phi) is 5.70. The number of oxazole rings is 1. The Labute approximate surface area is 192 Å². The Morgan fingerprint density at radius 3 is 2.45 bits per heavy atom. The lowest BCUT2D eigenvalue weighted by Gasteiger charge is -2.31. The highest BCUT2D eigenvalue weighted by Gasteiger charge is 2.33. The third-order valence-corrected chi connectivity index (χ3v) is 7.71. The van der Waals surface area contributed by atoms with Crippen LogP contribution in [0.4, 0.5) is 5.69 Å². The Balaban J connectivity index is 1.26. The molecule has 168 valence electrons. The number of hydrogen-bond acceptors (Lipinski definition) is 5. The number of anilines is 1. The third kappa shape index (κ3) is 4.40. The van der Waals surface area contributed by atoms with E-state index >= 15 is 0 Å². The molecule has 1 aromatic heterocycles. The topological polar surface area (TPSA) is 92.5 Å². The summed E-state index contributed by atoms with van der Waals surface area (Å²) in [4.78, 5) is 17.6. The molecule has 1 atom stereocenters. The molecule has 1 aliphatic rings. The molecule has 1 aliphatic heterocycles. The molecule has 1 unspecified atom stereocenters. The molecule has 0 saturated carbocycles. The first-order valence-corrected chi connectivity index (χ1v) is 12.3. The second kappa shape index (κ2) is 8.80. The van der Waals surface area contributed by atoms with Crippen molar-refractivity contribution in [3.05, 3.63) is 78.9 Å². The van der Waals surface area contributed by atoms with Gasteiger partial charge in [0.1, 0.15) is 5.52 Å². The summed E-state index contributed by atoms with van der Waals surface area (Å²) in [6.45, 7) is 0.588. The Morgan fingerprint density at radius 1 is 0.970 bits per heavy atom. The summed E-state index contributed by atoms with van der Waals surface area (Å²) in [6.07, 6.45) is 1.29. The van der Waals surface area contributed by atoms with Gasteiger partial charge in [0.15, 0.2) is 5.58 Å². The molecule has 0 bridgehead atoms. The first kappa shape index (κ1) is 21.4. The van der Waals surface area contributed by atoms with Crippen molar-refractivity contribution < 1.29 is 17.6 Å². The van der Waals surface area contributed by atoms with Crippen LogP contribution < -0.4 is 5.32 Å². The summed E-state index contributed by atoms with van der Waals surface area (Å²) in [5.41, 5.74) is 2.96. The Hall–Kier alpha value is -3.49. The highest BCUT2D eigenvalue weighted by atomic mass is 32.2. The molecule has 1 N–H and O–H groups in total. The monoisotopic (exact) mass is 461 g/mol. The molecular weight excluding hydrogens is 438 g/mol. The van der Waals surface area contributed by atoms with Gasteiger partial charge in [0.25, 0.3) is 0 Å². The van der Waals surface area contributed by atoms with Gasteiger partial charge in [0.05, 0.1) is 10.8 Å². The van der Waals surface area contributed by atoms with Crippen LogP contribution in [-0.4, -0.2) is 36.7 Å². The van der Waals surface area contributed by atoms with Crippen LogP contribution in [0.25, 0.3) is 22.6 Å². The first-order chi connectivity index (χ1) is 16.0. The van der Waals surface area contributed by atoms with Gasteiger partial charge in [-0.05, 0) is 61.4 Å². The van der Waals surface area contributed by atoms with Crippen LogP contribution in [0.2, 0.25) is 0 Å². The zero-order valence-corrected chi connectivity index (χ0v) is 18.7. The second-order valence-electron chi connectivity index (χ2n) is 8.07. The number of benzene rings is 3. The normalized spacial score (nSPS) is 17.2. The number of carbonyl (C=O) groups is 1. The van der Waals surface area contributed by atoms with Crippen molar-refractivity contribution in [1.29, 1.82) is 0 Å². The largest absolute Gasteiger partial charge is 0.436 e. The molecule has 5 rings (SSSR count). The predicted octanol–water partition coefficient (Wildman–Crippen LogP) is 4.53. The number of nitrogens with zero attached hydrogens (tertiary/aromatic N) is 2. The maximum Gasteiger partial charge on any atom is 0.243 e. The number of para-hydroxylation sites is 2. The van der Waals surface area contributed by atoms with Crippen LogP contribution in [0, 0.1) is 5.92 Å². The quantitative estimate of drug-likeness (QED) is 0.471. The fourth-order valence-corrected chi connectivity index (χ4v) is 5.60. The number of sulfonamides is 1. The predicted molar refractivity (Wildman–Crippen MR) is 126 cm³/mol. The summed E-state index contributed by atoms with van der Waals surface area (Å²) in [6, 6.07) is 23.2. The van der Waals surface area contributed by atoms with Crippen LogP contribution in [0.5, 0.6) is 0 Å². The molecule has 7 nitrogen and oxygen atoms in total. The number of hydrogen-bond donors (Lipinski definition) is 1. The van der Waals surface area contributed by atoms with E-state index in [1.54, 1.807) is 42.5 Å². The number of nitrogens with one attached hydrogen (secondary N) is 1. The standard InChI is InChI=1S/C25H23N3O4S/c29-24(19-7-6-16-28(17-19)33(30,31)21-8-2-1-3-9-21)26-20-14-12-18(13-15-20)25-27-22-10-4-5-11-23(22)32-25/h1-5,8-15,19H,6-7,16-17H2,(H,26,29). The molecule has 2 heterocycles. The van der Waals surface area contributed by atoms with E-state index in [4.69, 9.17) is 4.42 Å². The van der Waals surface area contributed by atoms with Gasteiger partial charge >= 0.3 is 0 Å². The van der Waals surface area contributed by atoms with Gasteiger partial charge in [-0.3, -0.25) is 4.79 Å². The van der Waals surface area contributed by atoms with E-state index in [1.807, 2.05) is 36.4 Å². The second-order valence-corrected chi connectivity index (χ2v) is 10.0. The van der Waals surface area contributed by atoms with Crippen molar-refractivity contribution in [3.8, 4) is 11.5 Å². The molecule has 8 heteroatoms. The fraction of sp³-hybridized carbons (Fsp3) is 0.200. The number of carbonyl (C=O) groups excluding carboxylic acids is 1. The molecule has 1 fully saturated rings. The van der Waals surface area contributed by atoms with E-state index in [9.17, 15) is 13.2 Å². The highest BCUT2D eigenvalue weighted by molar-refractivity contribution is 7.89. The van der Waals surface area contributed by atoms with E-state index < -0.39 is 15.9 Å². The summed E-state index contributed by atoms with van der Waals surface area (Å²) in [5, 5.41) is 2.92. The molecule has 3 aromatic carbocycles. The zero-order chi connectivity index (χ0) is 22.8. The van der Waals surface area contributed by atoms with E-state index in [1.165, 1.54) is 4.31 Å². The van der Waals surface area contributed by atoms with E-state index in [0.29, 0.717) is 31.0 Å². The minimum Gasteiger partial charge on any atom is -0.436 e. The lowest BCUT2D eigenvalue weighted by atomic mass is 9.98. The highest BCUT2D eigenvalue weighted by Crippen LogP contribution is 2.27. The molecule has 0 aliphatic carbocycles. The summed E-state index contributed by atoms with van der Waals surface area (Å²) < 4.78 is 33.1. The van der Waals surface area contributed by atoms with Gasteiger partial charge in [-0.25, -0.2) is 13.4 Å². The molecule has 4 aromatic rings. The molecule has 33 heavy (non-hydrogen) atoms. The molecular formula is C25H23N3O4S. The van der Waals surface area contributed by atoms with Crippen molar-refractivity contribution in [2.45, 2.75) is 17.7 Å². The molecule has 1 amide bonds. The van der Waals surface area contributed by atoms with Gasteiger partial charge in [-0.2, -0.15) is 4.31 Å². The smallest absolute Gasteiger partial charge is 0.243 e. The number of amides is 1. The van der Waals surface area contributed by atoms with Gasteiger partial charge < -0.3 is 9.73 Å². The van der Waals surface area contributed by atoms with Crippen molar-refractivity contribution >= 4 is 32.7 Å². The maximum absolute atomic E-state index is 12.9. The summed E-state index contributed by atoms with van der Waals surface area (Å²) in [5.74, 6) is -0.0744. The third-order valence-electron chi connectivity index (χ3n) is 5.83. The van der Waals surface area contributed by atoms with E-state index in [2.05, 4.69) is 10.3 Å². The van der Waals surface area contributed by atoms with Crippen LogP contribution in [0.1, 0.15) is 12.8 Å². The van der Waals surface area contributed by atoms with Gasteiger partial charge in [0.2, 0.25) is 21.8 Å². The van der Waals surface area contributed by atoms with E-state index in [0.717, 1.165) is 16.7 Å². The lowest BCUT2D eigenvalue weighted by molar-refractivity contribution is -0.120. The maximum atomic E-state index is 12.9. The minimum atomic E-state index is -3.61. The summed E-state index contributed by atoms with van der Waals surface area (Å²) in [7, 11) is -3.61.